The number of benzene rings is 4. The summed E-state index contributed by atoms with van der Waals surface area (Å²) in [6, 6.07) is 23.2. The number of fused-ring (bicyclic) bond motifs is 1. The van der Waals surface area contributed by atoms with Gasteiger partial charge in [-0.2, -0.15) is 5.10 Å². The van der Waals surface area contributed by atoms with Crippen molar-refractivity contribution < 1.29 is 19.2 Å². The minimum Gasteiger partial charge on any atom is -0.416 e. The Morgan fingerprint density at radius 2 is 1.74 bits per heavy atom. The number of hydrogen-bond donors (Lipinski definition) is 1. The van der Waals surface area contributed by atoms with E-state index in [4.69, 9.17) is 4.74 Å². The highest BCUT2D eigenvalue weighted by Crippen LogP contribution is 2.29. The maximum Gasteiger partial charge on any atom is 0.344 e. The molecule has 34 heavy (non-hydrogen) atoms. The first kappa shape index (κ1) is 22.8. The van der Waals surface area contributed by atoms with Crippen molar-refractivity contribution in [3.05, 3.63) is 116 Å². The van der Waals surface area contributed by atoms with Crippen molar-refractivity contribution in [2.24, 2.45) is 5.10 Å². The van der Waals surface area contributed by atoms with Gasteiger partial charge in [-0.25, -0.2) is 10.2 Å². The lowest BCUT2D eigenvalue weighted by Crippen LogP contribution is -2.17. The van der Waals surface area contributed by atoms with Crippen molar-refractivity contribution in [3.8, 4) is 5.75 Å². The van der Waals surface area contributed by atoms with Gasteiger partial charge >= 0.3 is 11.7 Å². The number of carbonyl (C=O) groups excluding carboxylic acids is 2. The van der Waals surface area contributed by atoms with E-state index in [-0.39, 0.29) is 5.75 Å². The second-order valence-electron chi connectivity index (χ2n) is 7.11. The first-order chi connectivity index (χ1) is 16.4. The number of hydrogen-bond acceptors (Lipinski definition) is 6. The highest BCUT2D eigenvalue weighted by atomic mass is 79.9. The van der Waals surface area contributed by atoms with Crippen molar-refractivity contribution in [2.75, 3.05) is 0 Å². The molecule has 1 amide bonds. The fourth-order valence-electron chi connectivity index (χ4n) is 3.26. The maximum absolute atomic E-state index is 12.8. The molecule has 168 valence electrons. The van der Waals surface area contributed by atoms with Crippen LogP contribution in [0.1, 0.15) is 26.3 Å². The van der Waals surface area contributed by atoms with E-state index < -0.39 is 22.5 Å². The van der Waals surface area contributed by atoms with Gasteiger partial charge in [-0.3, -0.25) is 14.9 Å². The topological polar surface area (TPSA) is 111 Å². The molecule has 0 unspecified atom stereocenters. The van der Waals surface area contributed by atoms with Crippen LogP contribution in [0.2, 0.25) is 0 Å². The van der Waals surface area contributed by atoms with Gasteiger partial charge in [-0.15, -0.1) is 0 Å². The Labute approximate surface area is 202 Å². The molecule has 4 rings (SSSR count). The molecule has 0 aliphatic carbocycles. The number of hydrazone groups is 1. The summed E-state index contributed by atoms with van der Waals surface area (Å²) < 4.78 is 6.11. The summed E-state index contributed by atoms with van der Waals surface area (Å²) in [5.41, 5.74) is 2.99. The predicted molar refractivity (Wildman–Crippen MR) is 131 cm³/mol. The minimum atomic E-state index is -0.706. The Balaban J connectivity index is 1.52. The van der Waals surface area contributed by atoms with Crippen LogP contribution in [0.3, 0.4) is 0 Å². The van der Waals surface area contributed by atoms with Crippen molar-refractivity contribution in [3.63, 3.8) is 0 Å². The average Bonchev–Trinajstić information content (AvgIpc) is 2.84. The zero-order valence-electron chi connectivity index (χ0n) is 17.5. The highest BCUT2D eigenvalue weighted by molar-refractivity contribution is 9.10. The Bertz CT molecular complexity index is 1450. The number of carbonyl (C=O) groups is 2. The number of esters is 1. The molecule has 8 nitrogen and oxygen atoms in total. The molecule has 9 heteroatoms. The number of nitrogens with zero attached hydrogens (tertiary/aromatic N) is 2. The molecule has 0 spiro atoms. The summed E-state index contributed by atoms with van der Waals surface area (Å²) in [7, 11) is 0. The molecule has 1 N–H and O–H groups in total. The molecular formula is C25H16BrN3O5. The van der Waals surface area contributed by atoms with Crippen LogP contribution in [-0.4, -0.2) is 23.0 Å². The van der Waals surface area contributed by atoms with Gasteiger partial charge in [0.15, 0.2) is 0 Å². The molecule has 0 fully saturated rings. The van der Waals surface area contributed by atoms with Crippen LogP contribution in [0.15, 0.2) is 94.5 Å². The fraction of sp³-hybridized carbons (Fsp3) is 0. The maximum atomic E-state index is 12.8. The van der Waals surface area contributed by atoms with Crippen LogP contribution in [0.25, 0.3) is 10.8 Å². The molecular weight excluding hydrogens is 502 g/mol. The van der Waals surface area contributed by atoms with Crippen LogP contribution in [0.5, 0.6) is 5.75 Å². The second-order valence-corrected chi connectivity index (χ2v) is 8.03. The van der Waals surface area contributed by atoms with E-state index in [9.17, 15) is 19.7 Å². The van der Waals surface area contributed by atoms with Gasteiger partial charge in [-0.1, -0.05) is 58.4 Å². The fourth-order valence-corrected chi connectivity index (χ4v) is 3.66. The summed E-state index contributed by atoms with van der Waals surface area (Å²) in [5, 5.41) is 17.0. The van der Waals surface area contributed by atoms with E-state index in [1.54, 1.807) is 48.5 Å². The summed E-state index contributed by atoms with van der Waals surface area (Å²) in [5.74, 6) is -1.34. The van der Waals surface area contributed by atoms with E-state index in [1.165, 1.54) is 24.4 Å². The Morgan fingerprint density at radius 1 is 0.971 bits per heavy atom. The quantitative estimate of drug-likeness (QED) is 0.119. The molecule has 0 aromatic heterocycles. The summed E-state index contributed by atoms with van der Waals surface area (Å²) in [6.45, 7) is 0. The standard InChI is InChI=1S/C25H16BrN3O5/c26-19-8-3-7-18(14-19)24(30)28-27-15-16-11-12-23(22(13-16)29(32)33)34-25(31)21-10-4-6-17-5-1-2-9-20(17)21/h1-15H,(H,28,30)/b27-15-. The lowest BCUT2D eigenvalue weighted by molar-refractivity contribution is -0.385. The van der Waals surface area contributed by atoms with Gasteiger partial charge in [-0.05, 0) is 47.2 Å². The molecule has 0 saturated carbocycles. The van der Waals surface area contributed by atoms with E-state index in [2.05, 4.69) is 26.5 Å². The van der Waals surface area contributed by atoms with Crippen molar-refractivity contribution in [1.29, 1.82) is 0 Å². The molecule has 0 aliphatic heterocycles. The van der Waals surface area contributed by atoms with Crippen LogP contribution in [0, 0.1) is 10.1 Å². The third-order valence-corrected chi connectivity index (χ3v) is 5.35. The van der Waals surface area contributed by atoms with Gasteiger partial charge in [0.1, 0.15) is 0 Å². The van der Waals surface area contributed by atoms with Crippen LogP contribution in [0.4, 0.5) is 5.69 Å². The number of nitrogens with one attached hydrogen (secondary N) is 1. The summed E-state index contributed by atoms with van der Waals surface area (Å²) >= 11 is 3.29. The number of amides is 1. The van der Waals surface area contributed by atoms with E-state index >= 15 is 0 Å². The monoisotopic (exact) mass is 517 g/mol. The number of halogens is 1. The van der Waals surface area contributed by atoms with Crippen molar-refractivity contribution in [2.45, 2.75) is 0 Å². The van der Waals surface area contributed by atoms with E-state index in [1.807, 2.05) is 18.2 Å². The lowest BCUT2D eigenvalue weighted by atomic mass is 10.0. The number of nitro groups is 1. The summed E-state index contributed by atoms with van der Waals surface area (Å²) in [6.07, 6.45) is 1.26. The Kier molecular flexibility index (Phi) is 6.74. The van der Waals surface area contributed by atoms with Gasteiger partial charge in [0.25, 0.3) is 5.91 Å². The van der Waals surface area contributed by atoms with Gasteiger partial charge in [0.2, 0.25) is 5.75 Å². The van der Waals surface area contributed by atoms with Gasteiger partial charge in [0, 0.05) is 21.7 Å². The number of ether oxygens (including phenoxy) is 1. The third kappa shape index (κ3) is 5.16. The van der Waals surface area contributed by atoms with Gasteiger partial charge < -0.3 is 4.74 Å². The van der Waals surface area contributed by atoms with Crippen LogP contribution < -0.4 is 10.2 Å². The molecule has 0 saturated heterocycles. The second kappa shape index (κ2) is 10.1. The lowest BCUT2D eigenvalue weighted by Gasteiger charge is -2.08. The normalized spacial score (nSPS) is 10.9. The van der Waals surface area contributed by atoms with Gasteiger partial charge in [0.05, 0.1) is 16.7 Å². The molecule has 0 bridgehead atoms. The van der Waals surface area contributed by atoms with Crippen LogP contribution >= 0.6 is 15.9 Å². The molecule has 0 atom stereocenters. The largest absolute Gasteiger partial charge is 0.416 e. The van der Waals surface area contributed by atoms with Crippen molar-refractivity contribution in [1.82, 2.24) is 5.43 Å². The molecule has 0 heterocycles. The van der Waals surface area contributed by atoms with Crippen molar-refractivity contribution >= 4 is 50.5 Å². The van der Waals surface area contributed by atoms with E-state index in [0.717, 1.165) is 9.86 Å². The zero-order chi connectivity index (χ0) is 24.1. The average molecular weight is 518 g/mol. The SMILES string of the molecule is O=C(N/N=C\c1ccc(OC(=O)c2cccc3ccccc23)c([N+](=O)[O-])c1)c1cccc(Br)c1. The zero-order valence-corrected chi connectivity index (χ0v) is 19.1. The number of nitro benzene ring substituents is 1. The molecule has 0 radical (unpaired) electrons. The Hall–Kier alpha value is -4.37. The summed E-state index contributed by atoms with van der Waals surface area (Å²) in [4.78, 5) is 35.9. The predicted octanol–water partition coefficient (Wildman–Crippen LogP) is 5.49. The first-order valence-electron chi connectivity index (χ1n) is 10.00. The smallest absolute Gasteiger partial charge is 0.344 e. The minimum absolute atomic E-state index is 0.196. The molecule has 4 aromatic rings. The third-order valence-electron chi connectivity index (χ3n) is 4.86. The highest BCUT2D eigenvalue weighted by Gasteiger charge is 2.20. The van der Waals surface area contributed by atoms with E-state index in [0.29, 0.717) is 22.1 Å². The Morgan fingerprint density at radius 3 is 2.53 bits per heavy atom. The van der Waals surface area contributed by atoms with Crippen LogP contribution in [-0.2, 0) is 0 Å². The molecule has 0 aliphatic rings. The molecule has 4 aromatic carbocycles. The number of rotatable bonds is 6. The first-order valence-corrected chi connectivity index (χ1v) is 10.8.